The molecule has 2 N–H and O–H groups in total. The zero-order valence-electron chi connectivity index (χ0n) is 8.27. The van der Waals surface area contributed by atoms with Crippen molar-refractivity contribution in [2.75, 3.05) is 18.9 Å². The lowest BCUT2D eigenvalue weighted by atomic mass is 10.1. The number of nitrogen functional groups attached to an aromatic ring is 1. The second kappa shape index (κ2) is 4.66. The van der Waals surface area contributed by atoms with Crippen LogP contribution in [0.3, 0.4) is 0 Å². The average Bonchev–Trinajstić information content (AvgIpc) is 2.49. The first kappa shape index (κ1) is 11.3. The number of aromatic nitrogens is 2. The Hall–Kier alpha value is -0.740. The number of hydrogen-bond donors (Lipinski definition) is 1. The summed E-state index contributed by atoms with van der Waals surface area (Å²) in [5.41, 5.74) is 7.59. The SMILES string of the molecule is Cc1c(N)cnn1C1CCOCC1.Cl. The van der Waals surface area contributed by atoms with Gasteiger partial charge in [0.1, 0.15) is 0 Å². The lowest BCUT2D eigenvalue weighted by Gasteiger charge is -2.23. The summed E-state index contributed by atoms with van der Waals surface area (Å²) in [6.45, 7) is 3.69. The molecule has 1 aliphatic heterocycles. The van der Waals surface area contributed by atoms with E-state index in [0.717, 1.165) is 37.4 Å². The molecule has 0 radical (unpaired) electrons. The quantitative estimate of drug-likeness (QED) is 0.777. The molecule has 0 aliphatic carbocycles. The maximum atomic E-state index is 5.73. The Labute approximate surface area is 89.8 Å². The zero-order chi connectivity index (χ0) is 9.26. The highest BCUT2D eigenvalue weighted by Gasteiger charge is 2.18. The normalized spacial score (nSPS) is 17.8. The monoisotopic (exact) mass is 217 g/mol. The minimum absolute atomic E-state index is 0. The van der Waals surface area contributed by atoms with Crippen LogP contribution < -0.4 is 5.73 Å². The molecule has 0 spiro atoms. The molecule has 1 aromatic rings. The number of ether oxygens (including phenoxy) is 1. The van der Waals surface area contributed by atoms with Crippen LogP contribution in [0.2, 0.25) is 0 Å². The van der Waals surface area contributed by atoms with E-state index in [1.165, 1.54) is 0 Å². The second-order valence-electron chi connectivity index (χ2n) is 3.47. The van der Waals surface area contributed by atoms with E-state index in [0.29, 0.717) is 6.04 Å². The van der Waals surface area contributed by atoms with E-state index in [2.05, 4.69) is 5.10 Å². The summed E-state index contributed by atoms with van der Waals surface area (Å²) in [5.74, 6) is 0. The number of rotatable bonds is 1. The minimum Gasteiger partial charge on any atom is -0.396 e. The second-order valence-corrected chi connectivity index (χ2v) is 3.47. The van der Waals surface area contributed by atoms with Gasteiger partial charge in [0, 0.05) is 13.2 Å². The smallest absolute Gasteiger partial charge is 0.0730 e. The van der Waals surface area contributed by atoms with Crippen LogP contribution in [-0.4, -0.2) is 23.0 Å². The molecule has 1 saturated heterocycles. The van der Waals surface area contributed by atoms with Crippen LogP contribution in [0.25, 0.3) is 0 Å². The highest BCUT2D eigenvalue weighted by Crippen LogP contribution is 2.23. The molecule has 0 atom stereocenters. The third-order valence-corrected chi connectivity index (χ3v) is 2.62. The fourth-order valence-electron chi connectivity index (χ4n) is 1.73. The van der Waals surface area contributed by atoms with E-state index < -0.39 is 0 Å². The van der Waals surface area contributed by atoms with Crippen LogP contribution >= 0.6 is 12.4 Å². The summed E-state index contributed by atoms with van der Waals surface area (Å²) in [6.07, 6.45) is 3.81. The maximum Gasteiger partial charge on any atom is 0.0730 e. The fourth-order valence-corrected chi connectivity index (χ4v) is 1.73. The van der Waals surface area contributed by atoms with Gasteiger partial charge in [-0.3, -0.25) is 4.68 Å². The predicted octanol–water partition coefficient (Wildman–Crippen LogP) is 1.55. The van der Waals surface area contributed by atoms with E-state index >= 15 is 0 Å². The number of halogens is 1. The average molecular weight is 218 g/mol. The van der Waals surface area contributed by atoms with E-state index in [1.807, 2.05) is 11.6 Å². The lowest BCUT2D eigenvalue weighted by molar-refractivity contribution is 0.0657. The molecular formula is C9H16ClN3O. The molecule has 0 aromatic carbocycles. The zero-order valence-corrected chi connectivity index (χ0v) is 9.09. The maximum absolute atomic E-state index is 5.73. The standard InChI is InChI=1S/C9H15N3O.ClH/c1-7-9(10)6-11-12(7)8-2-4-13-5-3-8;/h6,8H,2-5,10H2,1H3;1H. The van der Waals surface area contributed by atoms with Gasteiger partial charge in [0.25, 0.3) is 0 Å². The Morgan fingerprint density at radius 1 is 1.50 bits per heavy atom. The molecule has 1 aromatic heterocycles. The van der Waals surface area contributed by atoms with Crippen molar-refractivity contribution in [1.82, 2.24) is 9.78 Å². The van der Waals surface area contributed by atoms with Crippen LogP contribution in [0.5, 0.6) is 0 Å². The third-order valence-electron chi connectivity index (χ3n) is 2.62. The number of nitrogens with two attached hydrogens (primary N) is 1. The molecule has 4 nitrogen and oxygen atoms in total. The summed E-state index contributed by atoms with van der Waals surface area (Å²) in [7, 11) is 0. The third kappa shape index (κ3) is 2.01. The summed E-state index contributed by atoms with van der Waals surface area (Å²) in [6, 6.07) is 0.478. The fraction of sp³-hybridized carbons (Fsp3) is 0.667. The van der Waals surface area contributed by atoms with E-state index in [9.17, 15) is 0 Å². The van der Waals surface area contributed by atoms with Crippen molar-refractivity contribution in [3.63, 3.8) is 0 Å². The molecular weight excluding hydrogens is 202 g/mol. The van der Waals surface area contributed by atoms with Crippen LogP contribution in [0.1, 0.15) is 24.6 Å². The van der Waals surface area contributed by atoms with Crippen molar-refractivity contribution in [1.29, 1.82) is 0 Å². The van der Waals surface area contributed by atoms with Crippen LogP contribution in [0, 0.1) is 6.92 Å². The van der Waals surface area contributed by atoms with Crippen LogP contribution in [0.4, 0.5) is 5.69 Å². The summed E-state index contributed by atoms with van der Waals surface area (Å²) >= 11 is 0. The van der Waals surface area contributed by atoms with Crippen molar-refractivity contribution >= 4 is 18.1 Å². The largest absolute Gasteiger partial charge is 0.396 e. The van der Waals surface area contributed by atoms with Crippen molar-refractivity contribution in [3.05, 3.63) is 11.9 Å². The lowest BCUT2D eigenvalue weighted by Crippen LogP contribution is -2.21. The van der Waals surface area contributed by atoms with E-state index in [1.54, 1.807) is 6.20 Å². The summed E-state index contributed by atoms with van der Waals surface area (Å²) < 4.78 is 7.32. The van der Waals surface area contributed by atoms with Crippen molar-refractivity contribution in [3.8, 4) is 0 Å². The predicted molar refractivity (Wildman–Crippen MR) is 57.7 cm³/mol. The van der Waals surface area contributed by atoms with Crippen molar-refractivity contribution in [2.45, 2.75) is 25.8 Å². The summed E-state index contributed by atoms with van der Waals surface area (Å²) in [4.78, 5) is 0. The molecule has 0 bridgehead atoms. The first-order chi connectivity index (χ1) is 6.29. The molecule has 80 valence electrons. The van der Waals surface area contributed by atoms with Gasteiger partial charge in [-0.15, -0.1) is 12.4 Å². The first-order valence-corrected chi connectivity index (χ1v) is 4.66. The highest BCUT2D eigenvalue weighted by molar-refractivity contribution is 5.85. The number of hydrogen-bond acceptors (Lipinski definition) is 3. The molecule has 1 fully saturated rings. The van der Waals surface area contributed by atoms with Gasteiger partial charge in [-0.2, -0.15) is 5.10 Å². The Kier molecular flexibility index (Phi) is 3.77. The van der Waals surface area contributed by atoms with Gasteiger partial charge >= 0.3 is 0 Å². The van der Waals surface area contributed by atoms with Gasteiger partial charge < -0.3 is 10.5 Å². The molecule has 1 aliphatic rings. The van der Waals surface area contributed by atoms with Gasteiger partial charge in [0.15, 0.2) is 0 Å². The molecule has 0 unspecified atom stereocenters. The van der Waals surface area contributed by atoms with Crippen molar-refractivity contribution < 1.29 is 4.74 Å². The highest BCUT2D eigenvalue weighted by atomic mass is 35.5. The Morgan fingerprint density at radius 3 is 2.64 bits per heavy atom. The molecule has 14 heavy (non-hydrogen) atoms. The van der Waals surface area contributed by atoms with Crippen LogP contribution in [-0.2, 0) is 4.74 Å². The Morgan fingerprint density at radius 2 is 2.14 bits per heavy atom. The summed E-state index contributed by atoms with van der Waals surface area (Å²) in [5, 5.41) is 4.28. The van der Waals surface area contributed by atoms with Crippen LogP contribution in [0.15, 0.2) is 6.20 Å². The Bertz CT molecular complexity index is 294. The van der Waals surface area contributed by atoms with Crippen molar-refractivity contribution in [2.24, 2.45) is 0 Å². The van der Waals surface area contributed by atoms with Gasteiger partial charge in [0.2, 0.25) is 0 Å². The van der Waals surface area contributed by atoms with E-state index in [4.69, 9.17) is 10.5 Å². The molecule has 5 heteroatoms. The molecule has 2 heterocycles. The topological polar surface area (TPSA) is 53.1 Å². The minimum atomic E-state index is 0. The molecule has 0 saturated carbocycles. The van der Waals surface area contributed by atoms with Gasteiger partial charge in [-0.1, -0.05) is 0 Å². The Balaban J connectivity index is 0.000000980. The van der Waals surface area contributed by atoms with Gasteiger partial charge in [-0.25, -0.2) is 0 Å². The molecule has 2 rings (SSSR count). The van der Waals surface area contributed by atoms with E-state index in [-0.39, 0.29) is 12.4 Å². The van der Waals surface area contributed by atoms with Gasteiger partial charge in [0.05, 0.1) is 23.6 Å². The number of nitrogens with zero attached hydrogens (tertiary/aromatic N) is 2. The molecule has 0 amide bonds. The van der Waals surface area contributed by atoms with Gasteiger partial charge in [-0.05, 0) is 19.8 Å². The first-order valence-electron chi connectivity index (χ1n) is 4.66. The number of anilines is 1.